The summed E-state index contributed by atoms with van der Waals surface area (Å²) >= 11 is 0. The molecule has 2 fully saturated rings. The highest BCUT2D eigenvalue weighted by atomic mass is 16.5. The molecular formula is C25H28N2O5. The minimum absolute atomic E-state index is 0.0570. The zero-order chi connectivity index (χ0) is 22.2. The van der Waals surface area contributed by atoms with Gasteiger partial charge in [0.05, 0.1) is 25.4 Å². The Balaban J connectivity index is 1.43. The zero-order valence-electron chi connectivity index (χ0n) is 18.1. The van der Waals surface area contributed by atoms with Gasteiger partial charge in [-0.1, -0.05) is 12.1 Å². The van der Waals surface area contributed by atoms with Gasteiger partial charge in [-0.05, 0) is 47.6 Å². The number of benzene rings is 2. The van der Waals surface area contributed by atoms with Crippen molar-refractivity contribution in [2.24, 2.45) is 23.5 Å². The first-order valence-electron chi connectivity index (χ1n) is 11.2. The number of amides is 1. The molecule has 1 unspecified atom stereocenters. The molecule has 0 bridgehead atoms. The van der Waals surface area contributed by atoms with Crippen molar-refractivity contribution in [1.82, 2.24) is 5.32 Å². The molecule has 168 valence electrons. The zero-order valence-corrected chi connectivity index (χ0v) is 18.1. The summed E-state index contributed by atoms with van der Waals surface area (Å²) < 4.78 is 17.0. The molecule has 1 saturated heterocycles. The van der Waals surface area contributed by atoms with Crippen LogP contribution >= 0.6 is 0 Å². The number of ketones is 1. The van der Waals surface area contributed by atoms with Gasteiger partial charge in [0, 0.05) is 37.1 Å². The minimum Gasteiger partial charge on any atom is -0.492 e. The van der Waals surface area contributed by atoms with Crippen molar-refractivity contribution in [3.63, 3.8) is 0 Å². The van der Waals surface area contributed by atoms with Crippen LogP contribution in [-0.2, 0) is 4.74 Å². The predicted octanol–water partition coefficient (Wildman–Crippen LogP) is 2.37. The molecule has 1 saturated carbocycles. The normalized spacial score (nSPS) is 24.9. The summed E-state index contributed by atoms with van der Waals surface area (Å²) in [5, 5.41) is 2.67. The molecule has 4 atom stereocenters. The predicted molar refractivity (Wildman–Crippen MR) is 118 cm³/mol. The summed E-state index contributed by atoms with van der Waals surface area (Å²) in [7, 11) is 1.58. The van der Waals surface area contributed by atoms with E-state index in [1.807, 2.05) is 30.3 Å². The van der Waals surface area contributed by atoms with Gasteiger partial charge in [-0.3, -0.25) is 9.59 Å². The number of hydrogen-bond donors (Lipinski definition) is 2. The molecule has 2 aliphatic heterocycles. The van der Waals surface area contributed by atoms with Crippen LogP contribution in [0.25, 0.3) is 0 Å². The lowest BCUT2D eigenvalue weighted by Gasteiger charge is -2.13. The molecule has 0 spiro atoms. The molecule has 3 aliphatic rings. The maximum atomic E-state index is 13.1. The Labute approximate surface area is 187 Å². The van der Waals surface area contributed by atoms with Crippen molar-refractivity contribution in [2.75, 3.05) is 40.0 Å². The topological polar surface area (TPSA) is 99.9 Å². The van der Waals surface area contributed by atoms with Gasteiger partial charge < -0.3 is 25.3 Å². The number of carbonyl (C=O) groups is 2. The van der Waals surface area contributed by atoms with Crippen LogP contribution in [0, 0.1) is 17.8 Å². The second-order valence-corrected chi connectivity index (χ2v) is 8.75. The molecule has 2 aromatic carbocycles. The molecule has 0 aromatic heterocycles. The van der Waals surface area contributed by atoms with E-state index in [4.69, 9.17) is 19.9 Å². The minimum atomic E-state index is -0.251. The fraction of sp³-hybridized carbons (Fsp3) is 0.440. The van der Waals surface area contributed by atoms with Gasteiger partial charge in [0.2, 0.25) is 0 Å². The Morgan fingerprint density at radius 2 is 1.88 bits per heavy atom. The lowest BCUT2D eigenvalue weighted by Crippen LogP contribution is -2.19. The molecule has 7 nitrogen and oxygen atoms in total. The molecule has 0 radical (unpaired) electrons. The van der Waals surface area contributed by atoms with Gasteiger partial charge in [-0.15, -0.1) is 0 Å². The quantitative estimate of drug-likeness (QED) is 0.617. The number of nitrogens with one attached hydrogen (secondary N) is 1. The monoisotopic (exact) mass is 436 g/mol. The summed E-state index contributed by atoms with van der Waals surface area (Å²) in [6.07, 6.45) is 0.503. The van der Waals surface area contributed by atoms with Crippen LogP contribution in [0.2, 0.25) is 0 Å². The highest BCUT2D eigenvalue weighted by molar-refractivity contribution is 6.03. The van der Waals surface area contributed by atoms with Crippen LogP contribution in [0.5, 0.6) is 11.5 Å². The van der Waals surface area contributed by atoms with Gasteiger partial charge >= 0.3 is 0 Å². The van der Waals surface area contributed by atoms with Gasteiger partial charge in [0.25, 0.3) is 5.91 Å². The third kappa shape index (κ3) is 3.76. The number of nitrogens with two attached hydrogens (primary N) is 1. The second kappa shape index (κ2) is 8.56. The second-order valence-electron chi connectivity index (χ2n) is 8.75. The van der Waals surface area contributed by atoms with Crippen LogP contribution in [0.1, 0.15) is 44.2 Å². The molecule has 1 amide bonds. The summed E-state index contributed by atoms with van der Waals surface area (Å²) in [5.74, 6) is 2.52. The number of ether oxygens (including phenoxy) is 3. The van der Waals surface area contributed by atoms with E-state index in [0.717, 1.165) is 30.1 Å². The summed E-state index contributed by atoms with van der Waals surface area (Å²) in [4.78, 5) is 25.7. The number of carbonyl (C=O) groups excluding carboxylic acids is 2. The molecule has 5 rings (SSSR count). The molecule has 1 aliphatic carbocycles. The Bertz CT molecular complexity index is 1030. The standard InChI is InChI=1S/C25H28N2O5/c1-27-25(29)19-9-15(23(28)10-17-21-11-30-12-22(17)21)8-18-20(13-32-24(18)19)14-2-4-16(5-3-14)31-7-6-26/h2-5,8-9,17,20-22H,6-7,10-13,26H2,1H3,(H,27,29)/t17?,20-,21-,22+/m0/s1. The third-order valence-corrected chi connectivity index (χ3v) is 6.90. The van der Waals surface area contributed by atoms with Crippen LogP contribution in [0.4, 0.5) is 0 Å². The fourth-order valence-corrected chi connectivity index (χ4v) is 5.03. The van der Waals surface area contributed by atoms with Crippen molar-refractivity contribution in [3.8, 4) is 11.5 Å². The maximum absolute atomic E-state index is 13.1. The molecule has 2 heterocycles. The van der Waals surface area contributed by atoms with Gasteiger partial charge in [0.15, 0.2) is 5.78 Å². The van der Waals surface area contributed by atoms with E-state index in [-0.39, 0.29) is 17.6 Å². The van der Waals surface area contributed by atoms with E-state index < -0.39 is 0 Å². The highest BCUT2D eigenvalue weighted by Gasteiger charge is 2.54. The Morgan fingerprint density at radius 3 is 2.56 bits per heavy atom. The maximum Gasteiger partial charge on any atom is 0.254 e. The van der Waals surface area contributed by atoms with Crippen LogP contribution in [-0.4, -0.2) is 51.7 Å². The first kappa shape index (κ1) is 21.0. The molecular weight excluding hydrogens is 408 g/mol. The van der Waals surface area contributed by atoms with Crippen molar-refractivity contribution in [2.45, 2.75) is 12.3 Å². The van der Waals surface area contributed by atoms with Crippen LogP contribution in [0.3, 0.4) is 0 Å². The summed E-state index contributed by atoms with van der Waals surface area (Å²) in [5.41, 5.74) is 8.42. The summed E-state index contributed by atoms with van der Waals surface area (Å²) in [6, 6.07) is 11.4. The molecule has 7 heteroatoms. The third-order valence-electron chi connectivity index (χ3n) is 6.90. The van der Waals surface area contributed by atoms with Gasteiger partial charge in [-0.25, -0.2) is 0 Å². The molecule has 2 aromatic rings. The van der Waals surface area contributed by atoms with Crippen molar-refractivity contribution >= 4 is 11.7 Å². The SMILES string of the molecule is CNC(=O)c1cc(C(=O)CC2[C@H]3COC[C@@H]23)cc2c1OC[C@H]2c1ccc(OCCN)cc1. The van der Waals surface area contributed by atoms with E-state index in [1.54, 1.807) is 13.1 Å². The largest absolute Gasteiger partial charge is 0.492 e. The Morgan fingerprint density at radius 1 is 1.12 bits per heavy atom. The van der Waals surface area contributed by atoms with E-state index in [9.17, 15) is 9.59 Å². The van der Waals surface area contributed by atoms with E-state index in [2.05, 4.69) is 5.32 Å². The van der Waals surface area contributed by atoms with Crippen molar-refractivity contribution in [1.29, 1.82) is 0 Å². The smallest absolute Gasteiger partial charge is 0.254 e. The van der Waals surface area contributed by atoms with E-state index in [1.165, 1.54) is 0 Å². The lowest BCUT2D eigenvalue weighted by atomic mass is 9.89. The summed E-state index contributed by atoms with van der Waals surface area (Å²) in [6.45, 7) is 2.86. The number of Topliss-reactive ketones (excluding diaryl/α,β-unsaturated/α-hetero) is 1. The van der Waals surface area contributed by atoms with Crippen LogP contribution < -0.4 is 20.5 Å². The lowest BCUT2D eigenvalue weighted by molar-refractivity contribution is 0.0950. The average Bonchev–Trinajstić information content (AvgIpc) is 3.18. The fourth-order valence-electron chi connectivity index (χ4n) is 5.03. The number of rotatable bonds is 8. The van der Waals surface area contributed by atoms with E-state index in [0.29, 0.717) is 60.8 Å². The highest BCUT2D eigenvalue weighted by Crippen LogP contribution is 2.53. The average molecular weight is 437 g/mol. The van der Waals surface area contributed by atoms with Crippen molar-refractivity contribution in [3.05, 3.63) is 58.7 Å². The Hall–Kier alpha value is -2.90. The van der Waals surface area contributed by atoms with Crippen LogP contribution in [0.15, 0.2) is 36.4 Å². The first-order valence-corrected chi connectivity index (χ1v) is 11.2. The first-order chi connectivity index (χ1) is 15.6. The molecule has 3 N–H and O–H groups in total. The number of hydrogen-bond acceptors (Lipinski definition) is 6. The van der Waals surface area contributed by atoms with Gasteiger partial charge in [0.1, 0.15) is 18.1 Å². The number of fused-ring (bicyclic) bond motifs is 2. The molecule has 32 heavy (non-hydrogen) atoms. The van der Waals surface area contributed by atoms with Gasteiger partial charge in [-0.2, -0.15) is 0 Å². The van der Waals surface area contributed by atoms with E-state index >= 15 is 0 Å². The Kier molecular flexibility index (Phi) is 5.61. The van der Waals surface area contributed by atoms with Crippen molar-refractivity contribution < 1.29 is 23.8 Å².